The van der Waals surface area contributed by atoms with Gasteiger partial charge in [-0.05, 0) is 69.1 Å². The molecule has 11 heteroatoms. The quantitative estimate of drug-likeness (QED) is 0.481. The summed E-state index contributed by atoms with van der Waals surface area (Å²) in [7, 11) is 0. The van der Waals surface area contributed by atoms with E-state index in [0.717, 1.165) is 6.07 Å². The van der Waals surface area contributed by atoms with Crippen molar-refractivity contribution in [3.05, 3.63) is 32.2 Å². The molecule has 2 unspecified atom stereocenters. The zero-order chi connectivity index (χ0) is 26.2. The first-order chi connectivity index (χ1) is 15.6. The molecule has 7 nitrogen and oxygen atoms in total. The molecule has 0 radical (unpaired) electrons. The summed E-state index contributed by atoms with van der Waals surface area (Å²) >= 11 is 3.01. The lowest BCUT2D eigenvalue weighted by atomic mass is 10.0. The number of fused-ring (bicyclic) bond motifs is 1. The lowest BCUT2D eigenvalue weighted by molar-refractivity contribution is -0.138. The molecule has 0 saturated carbocycles. The van der Waals surface area contributed by atoms with Gasteiger partial charge in [-0.2, -0.15) is 18.2 Å². The van der Waals surface area contributed by atoms with Gasteiger partial charge in [-0.25, -0.2) is 9.59 Å². The minimum atomic E-state index is -4.58. The van der Waals surface area contributed by atoms with Gasteiger partial charge in [-0.1, -0.05) is 13.8 Å². The summed E-state index contributed by atoms with van der Waals surface area (Å²) in [4.78, 5) is 34.9. The van der Waals surface area contributed by atoms with Gasteiger partial charge in [0.1, 0.15) is 11.4 Å². The van der Waals surface area contributed by atoms with E-state index in [1.807, 2.05) is 27.7 Å². The second kappa shape index (κ2) is 10.1. The summed E-state index contributed by atoms with van der Waals surface area (Å²) in [5, 5.41) is 0.197. The molecule has 0 bridgehead atoms. The molecule has 1 N–H and O–H groups in total. The Morgan fingerprint density at radius 3 is 2.18 bits per heavy atom. The Morgan fingerprint density at radius 2 is 1.71 bits per heavy atom. The van der Waals surface area contributed by atoms with E-state index in [1.54, 1.807) is 30.6 Å². The van der Waals surface area contributed by atoms with Crippen molar-refractivity contribution in [1.82, 2.24) is 14.9 Å². The van der Waals surface area contributed by atoms with E-state index in [1.165, 1.54) is 6.92 Å². The molecule has 190 valence electrons. The first-order valence-corrected chi connectivity index (χ1v) is 12.0. The molecular formula is C23H32BrF3N4O3. The molecule has 1 aromatic carbocycles. The Hall–Kier alpha value is -2.30. The maximum absolute atomic E-state index is 13.6. The Kier molecular flexibility index (Phi) is 8.33. The highest BCUT2D eigenvalue weighted by Gasteiger charge is 2.38. The minimum Gasteiger partial charge on any atom is -0.444 e. The van der Waals surface area contributed by atoms with E-state index in [2.05, 4.69) is 25.9 Å². The van der Waals surface area contributed by atoms with E-state index < -0.39 is 29.1 Å². The smallest absolute Gasteiger partial charge is 0.417 e. The number of H-pyrrole nitrogens is 1. The third kappa shape index (κ3) is 5.84. The third-order valence-corrected chi connectivity index (χ3v) is 6.33. The lowest BCUT2D eigenvalue weighted by Crippen LogP contribution is -2.59. The largest absolute Gasteiger partial charge is 0.444 e. The van der Waals surface area contributed by atoms with E-state index >= 15 is 0 Å². The fraction of sp³-hybridized carbons (Fsp3) is 0.609. The average molecular weight is 549 g/mol. The molecule has 1 fully saturated rings. The number of halogens is 4. The van der Waals surface area contributed by atoms with Crippen LogP contribution < -0.4 is 10.6 Å². The second-order valence-electron chi connectivity index (χ2n) is 9.14. The molecule has 1 saturated heterocycles. The summed E-state index contributed by atoms with van der Waals surface area (Å²) in [6, 6.07) is 0.368. The molecule has 2 heterocycles. The topological polar surface area (TPSA) is 78.5 Å². The Labute approximate surface area is 205 Å². The van der Waals surface area contributed by atoms with Crippen molar-refractivity contribution in [3.8, 4) is 0 Å². The summed E-state index contributed by atoms with van der Waals surface area (Å²) in [5.41, 5.74) is -1.60. The summed E-state index contributed by atoms with van der Waals surface area (Å²) in [6.45, 7) is 15.1. The van der Waals surface area contributed by atoms with Gasteiger partial charge >= 0.3 is 18.0 Å². The van der Waals surface area contributed by atoms with Crippen LogP contribution in [0.4, 0.5) is 23.8 Å². The molecule has 2 atom stereocenters. The number of nitrogens with one attached hydrogen (secondary N) is 1. The number of alkyl halides is 3. The first kappa shape index (κ1) is 27.9. The first-order valence-electron chi connectivity index (χ1n) is 11.2. The van der Waals surface area contributed by atoms with Gasteiger partial charge in [-0.3, -0.25) is 4.90 Å². The van der Waals surface area contributed by atoms with Crippen LogP contribution >= 0.6 is 15.9 Å². The van der Waals surface area contributed by atoms with Crippen LogP contribution in [0.2, 0.25) is 0 Å². The van der Waals surface area contributed by atoms with Gasteiger partial charge in [0.2, 0.25) is 0 Å². The van der Waals surface area contributed by atoms with Gasteiger partial charge in [0, 0.05) is 22.9 Å². The number of aromatic amines is 1. The molecule has 0 aliphatic carbocycles. The Balaban J connectivity index is 0.00000199. The van der Waals surface area contributed by atoms with Gasteiger partial charge < -0.3 is 14.6 Å². The van der Waals surface area contributed by atoms with Crippen LogP contribution in [0.1, 0.15) is 59.6 Å². The SMILES string of the molecule is CC.Cc1c(Br)c(C(F)(F)F)cc2c(N3CC(C)N(C(=O)OC(C)(C)C)C(C)C3)nc(=O)[nH]c12. The summed E-state index contributed by atoms with van der Waals surface area (Å²) in [6.07, 6.45) is -5.04. The predicted octanol–water partition coefficient (Wildman–Crippen LogP) is 5.87. The van der Waals surface area contributed by atoms with E-state index in [4.69, 9.17) is 4.74 Å². The lowest BCUT2D eigenvalue weighted by Gasteiger charge is -2.45. The fourth-order valence-electron chi connectivity index (χ4n) is 4.04. The van der Waals surface area contributed by atoms with E-state index in [-0.39, 0.29) is 51.9 Å². The number of nitrogens with zero attached hydrogens (tertiary/aromatic N) is 3. The highest BCUT2D eigenvalue weighted by Crippen LogP contribution is 2.41. The normalized spacial score (nSPS) is 19.1. The van der Waals surface area contributed by atoms with Crippen LogP contribution in [0.15, 0.2) is 15.3 Å². The third-order valence-electron chi connectivity index (χ3n) is 5.31. The molecule has 3 rings (SSSR count). The van der Waals surface area contributed by atoms with Crippen LogP contribution in [0.25, 0.3) is 10.9 Å². The van der Waals surface area contributed by atoms with Crippen LogP contribution in [0.3, 0.4) is 0 Å². The van der Waals surface area contributed by atoms with Crippen LogP contribution in [-0.2, 0) is 10.9 Å². The molecule has 1 aliphatic heterocycles. The monoisotopic (exact) mass is 548 g/mol. The Morgan fingerprint density at radius 1 is 1.18 bits per heavy atom. The van der Waals surface area contributed by atoms with Gasteiger partial charge in [0.25, 0.3) is 0 Å². The van der Waals surface area contributed by atoms with Gasteiger partial charge in [0.15, 0.2) is 0 Å². The van der Waals surface area contributed by atoms with E-state index in [0.29, 0.717) is 0 Å². The molecular weight excluding hydrogens is 517 g/mol. The zero-order valence-electron chi connectivity index (χ0n) is 20.7. The standard InChI is InChI=1S/C21H26BrF3N4O3.C2H6/c1-10-8-28(9-11(2)29(10)19(31)32-20(4,5)6)17-13-7-14(21(23,24)25)15(22)12(3)16(13)26-18(30)27-17;1-2/h7,10-11H,8-9H2,1-6H3,(H,26,27,30);1-2H3. The summed E-state index contributed by atoms with van der Waals surface area (Å²) in [5.74, 6) is 0.160. The van der Waals surface area contributed by atoms with Crippen LogP contribution in [0.5, 0.6) is 0 Å². The molecule has 1 aliphatic rings. The van der Waals surface area contributed by atoms with Crippen molar-refractivity contribution >= 4 is 38.7 Å². The fourth-order valence-corrected chi connectivity index (χ4v) is 4.58. The number of carbonyl (C=O) groups excluding carboxylic acids is 1. The number of piperazine rings is 1. The zero-order valence-corrected chi connectivity index (χ0v) is 22.3. The molecule has 1 amide bonds. The number of ether oxygens (including phenoxy) is 1. The van der Waals surface area contributed by atoms with Crippen molar-refractivity contribution < 1.29 is 22.7 Å². The van der Waals surface area contributed by atoms with Gasteiger partial charge in [-0.15, -0.1) is 0 Å². The molecule has 34 heavy (non-hydrogen) atoms. The highest BCUT2D eigenvalue weighted by molar-refractivity contribution is 9.10. The van der Waals surface area contributed by atoms with Crippen molar-refractivity contribution in [1.29, 1.82) is 0 Å². The number of rotatable bonds is 1. The summed E-state index contributed by atoms with van der Waals surface area (Å²) < 4.78 is 46.2. The van der Waals surface area contributed by atoms with Crippen molar-refractivity contribution in [3.63, 3.8) is 0 Å². The molecule has 2 aromatic rings. The van der Waals surface area contributed by atoms with Crippen LogP contribution in [-0.4, -0.2) is 51.7 Å². The second-order valence-corrected chi connectivity index (χ2v) is 9.93. The minimum absolute atomic E-state index is 0.123. The van der Waals surface area contributed by atoms with Crippen molar-refractivity contribution in [2.24, 2.45) is 0 Å². The number of benzene rings is 1. The van der Waals surface area contributed by atoms with Crippen molar-refractivity contribution in [2.75, 3.05) is 18.0 Å². The number of hydrogen-bond donors (Lipinski definition) is 1. The molecule has 0 spiro atoms. The average Bonchev–Trinajstić information content (AvgIpc) is 2.69. The van der Waals surface area contributed by atoms with Gasteiger partial charge in [0.05, 0.1) is 23.2 Å². The Bertz CT molecular complexity index is 1100. The highest BCUT2D eigenvalue weighted by atomic mass is 79.9. The number of hydrogen-bond acceptors (Lipinski definition) is 5. The number of anilines is 1. The number of aryl methyl sites for hydroxylation is 1. The van der Waals surface area contributed by atoms with E-state index in [9.17, 15) is 22.8 Å². The number of carbonyl (C=O) groups is 1. The maximum atomic E-state index is 13.6. The number of aromatic nitrogens is 2. The van der Waals surface area contributed by atoms with Crippen LogP contribution in [0, 0.1) is 6.92 Å². The predicted molar refractivity (Wildman–Crippen MR) is 130 cm³/mol. The number of amides is 1. The maximum Gasteiger partial charge on any atom is 0.417 e. The van der Waals surface area contributed by atoms with Crippen molar-refractivity contribution in [2.45, 2.75) is 79.3 Å². The molecule has 1 aromatic heterocycles.